The number of carbonyl (C=O) groups excluding carboxylic acids is 2. The van der Waals surface area contributed by atoms with E-state index in [2.05, 4.69) is 20.3 Å². The number of nitrogens with one attached hydrogen (secondary N) is 1. The van der Waals surface area contributed by atoms with E-state index in [1.807, 2.05) is 31.2 Å². The summed E-state index contributed by atoms with van der Waals surface area (Å²) in [6, 6.07) is 12.1. The summed E-state index contributed by atoms with van der Waals surface area (Å²) >= 11 is 1.00. The van der Waals surface area contributed by atoms with Crippen LogP contribution in [-0.4, -0.2) is 30.4 Å². The van der Waals surface area contributed by atoms with Crippen LogP contribution in [0.1, 0.15) is 11.1 Å². The number of amidine groups is 1. The molecular weight excluding hydrogens is 381 g/mol. The molecule has 0 aromatic heterocycles. The van der Waals surface area contributed by atoms with Gasteiger partial charge in [-0.15, -0.1) is 5.10 Å². The van der Waals surface area contributed by atoms with E-state index in [9.17, 15) is 14.0 Å². The Labute approximate surface area is 165 Å². The summed E-state index contributed by atoms with van der Waals surface area (Å²) in [5, 5.41) is 10.7. The first-order chi connectivity index (χ1) is 13.5. The summed E-state index contributed by atoms with van der Waals surface area (Å²) in [5.41, 5.74) is 3.51. The number of carbonyl (C=O) groups is 2. The number of amides is 1. The van der Waals surface area contributed by atoms with Crippen molar-refractivity contribution in [3.63, 3.8) is 0 Å². The van der Waals surface area contributed by atoms with Gasteiger partial charge < -0.3 is 4.74 Å². The zero-order valence-corrected chi connectivity index (χ0v) is 15.9. The van der Waals surface area contributed by atoms with Crippen LogP contribution in [0.4, 0.5) is 4.39 Å². The standard InChI is InChI=1S/C20H16FN3O3S/c1-12-3-8-15(21)9-16(12)14-6-4-13(5-7-14)11-22-24-20-23-19(26)17(28-20)10-18(25)27-2/h3-11H,1-2H3,(H,23,24,26)/b17-10+,22-11?. The van der Waals surface area contributed by atoms with Crippen molar-refractivity contribution >= 4 is 35.0 Å². The van der Waals surface area contributed by atoms with Crippen molar-refractivity contribution in [2.75, 3.05) is 7.11 Å². The largest absolute Gasteiger partial charge is 0.466 e. The summed E-state index contributed by atoms with van der Waals surface area (Å²) in [4.78, 5) is 23.1. The maximum atomic E-state index is 13.5. The Kier molecular flexibility index (Phi) is 6.00. The Morgan fingerprint density at radius 3 is 2.68 bits per heavy atom. The Hall–Kier alpha value is -3.26. The quantitative estimate of drug-likeness (QED) is 0.371. The number of aryl methyl sites for hydroxylation is 1. The topological polar surface area (TPSA) is 80.1 Å². The Balaban J connectivity index is 1.69. The fraction of sp³-hybridized carbons (Fsp3) is 0.100. The number of halogens is 1. The molecule has 1 aliphatic rings. The molecular formula is C20H16FN3O3S. The second-order valence-electron chi connectivity index (χ2n) is 5.82. The van der Waals surface area contributed by atoms with Crippen molar-refractivity contribution in [3.05, 3.63) is 70.4 Å². The number of benzene rings is 2. The maximum Gasteiger partial charge on any atom is 0.331 e. The molecule has 2 aromatic carbocycles. The van der Waals surface area contributed by atoms with Crippen molar-refractivity contribution in [2.24, 2.45) is 10.2 Å². The molecule has 1 N–H and O–H groups in total. The number of nitrogens with zero attached hydrogens (tertiary/aromatic N) is 2. The van der Waals surface area contributed by atoms with Gasteiger partial charge in [-0.25, -0.2) is 9.18 Å². The lowest BCUT2D eigenvalue weighted by Crippen LogP contribution is -2.19. The van der Waals surface area contributed by atoms with Crippen LogP contribution >= 0.6 is 11.8 Å². The monoisotopic (exact) mass is 397 g/mol. The number of methoxy groups -OCH3 is 1. The number of ether oxygens (including phenoxy) is 1. The van der Waals surface area contributed by atoms with Gasteiger partial charge in [-0.2, -0.15) is 5.10 Å². The molecule has 28 heavy (non-hydrogen) atoms. The summed E-state index contributed by atoms with van der Waals surface area (Å²) in [7, 11) is 1.23. The molecule has 6 nitrogen and oxygen atoms in total. The van der Waals surface area contributed by atoms with Crippen molar-refractivity contribution in [1.82, 2.24) is 5.32 Å². The predicted octanol–water partition coefficient (Wildman–Crippen LogP) is 3.41. The number of thioether (sulfide) groups is 1. The van der Waals surface area contributed by atoms with Crippen LogP contribution in [0.25, 0.3) is 11.1 Å². The van der Waals surface area contributed by atoms with E-state index < -0.39 is 11.9 Å². The third kappa shape index (κ3) is 4.72. The van der Waals surface area contributed by atoms with Crippen molar-refractivity contribution in [3.8, 4) is 11.1 Å². The zero-order chi connectivity index (χ0) is 20.1. The van der Waals surface area contributed by atoms with Crippen LogP contribution in [-0.2, 0) is 14.3 Å². The van der Waals surface area contributed by atoms with Gasteiger partial charge in [-0.05, 0) is 53.1 Å². The number of hydrogen-bond donors (Lipinski definition) is 1. The molecule has 3 rings (SSSR count). The van der Waals surface area contributed by atoms with E-state index in [4.69, 9.17) is 0 Å². The van der Waals surface area contributed by atoms with E-state index in [1.54, 1.807) is 6.07 Å². The molecule has 0 radical (unpaired) electrons. The predicted molar refractivity (Wildman–Crippen MR) is 107 cm³/mol. The molecule has 1 fully saturated rings. The third-order valence-corrected chi connectivity index (χ3v) is 4.78. The lowest BCUT2D eigenvalue weighted by molar-refractivity contribution is -0.135. The second kappa shape index (κ2) is 8.62. The van der Waals surface area contributed by atoms with E-state index >= 15 is 0 Å². The van der Waals surface area contributed by atoms with Crippen LogP contribution in [0.2, 0.25) is 0 Å². The van der Waals surface area contributed by atoms with Crippen LogP contribution in [0, 0.1) is 12.7 Å². The van der Waals surface area contributed by atoms with Crippen LogP contribution < -0.4 is 5.32 Å². The number of rotatable bonds is 4. The van der Waals surface area contributed by atoms with Crippen molar-refractivity contribution in [2.45, 2.75) is 6.92 Å². The van der Waals surface area contributed by atoms with Gasteiger partial charge in [0, 0.05) is 6.08 Å². The normalized spacial score (nSPS) is 16.8. The lowest BCUT2D eigenvalue weighted by Gasteiger charge is -2.06. The van der Waals surface area contributed by atoms with Gasteiger partial charge in [-0.1, -0.05) is 30.3 Å². The third-order valence-electron chi connectivity index (χ3n) is 3.88. The van der Waals surface area contributed by atoms with Crippen molar-refractivity contribution < 1.29 is 18.7 Å². The average Bonchev–Trinajstić information content (AvgIpc) is 3.03. The summed E-state index contributed by atoms with van der Waals surface area (Å²) in [6.45, 7) is 1.93. The van der Waals surface area contributed by atoms with Crippen LogP contribution in [0.3, 0.4) is 0 Å². The van der Waals surface area contributed by atoms with Gasteiger partial charge in [0.05, 0.1) is 18.2 Å². The summed E-state index contributed by atoms with van der Waals surface area (Å²) in [5.74, 6) is -1.33. The van der Waals surface area contributed by atoms with Gasteiger partial charge in [0.2, 0.25) is 0 Å². The molecule has 2 aromatic rings. The zero-order valence-electron chi connectivity index (χ0n) is 15.1. The molecule has 1 saturated heterocycles. The summed E-state index contributed by atoms with van der Waals surface area (Å²) < 4.78 is 18.0. The molecule has 8 heteroatoms. The van der Waals surface area contributed by atoms with E-state index in [0.717, 1.165) is 40.1 Å². The van der Waals surface area contributed by atoms with Crippen molar-refractivity contribution in [1.29, 1.82) is 0 Å². The van der Waals surface area contributed by atoms with Gasteiger partial charge in [-0.3, -0.25) is 10.1 Å². The van der Waals surface area contributed by atoms with Gasteiger partial charge >= 0.3 is 5.97 Å². The van der Waals surface area contributed by atoms with E-state index in [0.29, 0.717) is 0 Å². The molecule has 0 saturated carbocycles. The molecule has 1 aliphatic heterocycles. The molecule has 0 aliphatic carbocycles. The lowest BCUT2D eigenvalue weighted by atomic mass is 9.99. The molecule has 0 unspecified atom stereocenters. The molecule has 0 spiro atoms. The van der Waals surface area contributed by atoms with E-state index in [-0.39, 0.29) is 15.9 Å². The first kappa shape index (κ1) is 19.5. The minimum Gasteiger partial charge on any atom is -0.466 e. The maximum absolute atomic E-state index is 13.5. The highest BCUT2D eigenvalue weighted by molar-refractivity contribution is 8.18. The highest BCUT2D eigenvalue weighted by atomic mass is 32.2. The molecule has 0 atom stereocenters. The molecule has 142 valence electrons. The SMILES string of the molecule is COC(=O)/C=C1/S/C(=N\N=Cc2ccc(-c3cc(F)ccc3C)cc2)NC1=O. The summed E-state index contributed by atoms with van der Waals surface area (Å²) in [6.07, 6.45) is 2.63. The highest BCUT2D eigenvalue weighted by Crippen LogP contribution is 2.25. The highest BCUT2D eigenvalue weighted by Gasteiger charge is 2.24. The second-order valence-corrected chi connectivity index (χ2v) is 6.85. The Morgan fingerprint density at radius 1 is 1.21 bits per heavy atom. The Morgan fingerprint density at radius 2 is 1.96 bits per heavy atom. The minimum absolute atomic E-state index is 0.190. The van der Waals surface area contributed by atoms with Crippen LogP contribution in [0.5, 0.6) is 0 Å². The minimum atomic E-state index is -0.615. The molecule has 1 heterocycles. The van der Waals surface area contributed by atoms with Crippen LogP contribution in [0.15, 0.2) is 63.6 Å². The first-order valence-electron chi connectivity index (χ1n) is 8.23. The smallest absolute Gasteiger partial charge is 0.331 e. The fourth-order valence-electron chi connectivity index (χ4n) is 2.44. The van der Waals surface area contributed by atoms with Gasteiger partial charge in [0.25, 0.3) is 5.91 Å². The fourth-order valence-corrected chi connectivity index (χ4v) is 3.18. The average molecular weight is 397 g/mol. The Bertz CT molecular complexity index is 1010. The van der Waals surface area contributed by atoms with E-state index in [1.165, 1.54) is 25.5 Å². The first-order valence-corrected chi connectivity index (χ1v) is 9.04. The number of esters is 1. The molecule has 1 amide bonds. The number of hydrogen-bond acceptors (Lipinski definition) is 6. The van der Waals surface area contributed by atoms with Gasteiger partial charge in [0.15, 0.2) is 5.17 Å². The molecule has 0 bridgehead atoms. The van der Waals surface area contributed by atoms with Gasteiger partial charge in [0.1, 0.15) is 5.82 Å².